The minimum atomic E-state index is 0.154. The molecular weight excluding hydrogens is 250 g/mol. The van der Waals surface area contributed by atoms with Crippen LogP contribution in [-0.2, 0) is 24.7 Å². The summed E-state index contributed by atoms with van der Waals surface area (Å²) in [6, 6.07) is 11.7. The number of hydrogen-bond donors (Lipinski definition) is 0. The maximum atomic E-state index is 12.2. The Morgan fingerprint density at radius 2 is 2.00 bits per heavy atom. The molecule has 0 saturated heterocycles. The van der Waals surface area contributed by atoms with Crippen LogP contribution in [0.15, 0.2) is 48.8 Å². The highest BCUT2D eigenvalue weighted by atomic mass is 16.1. The highest BCUT2D eigenvalue weighted by molar-refractivity contribution is 5.89. The van der Waals surface area contributed by atoms with Gasteiger partial charge in [0.2, 0.25) is 0 Å². The second kappa shape index (κ2) is 5.25. The van der Waals surface area contributed by atoms with Crippen molar-refractivity contribution in [2.75, 3.05) is 0 Å². The first-order valence-electron chi connectivity index (χ1n) is 6.55. The molecule has 2 heterocycles. The summed E-state index contributed by atoms with van der Waals surface area (Å²) in [6.07, 6.45) is 4.20. The molecule has 100 valence electrons. The van der Waals surface area contributed by atoms with Gasteiger partial charge in [0.15, 0.2) is 0 Å². The molecule has 0 aliphatic rings. The number of carbonyl (C=O) groups excluding carboxylic acids is 1. The maximum absolute atomic E-state index is 12.2. The first kappa shape index (κ1) is 12.5. The summed E-state index contributed by atoms with van der Waals surface area (Å²) in [6.45, 7) is 0. The molecule has 3 aromatic rings. The molecule has 4 heteroatoms. The van der Waals surface area contributed by atoms with Gasteiger partial charge in [-0.3, -0.25) is 14.5 Å². The minimum absolute atomic E-state index is 0.154. The number of nitrogens with zero attached hydrogens (tertiary/aromatic N) is 3. The zero-order valence-corrected chi connectivity index (χ0v) is 11.3. The summed E-state index contributed by atoms with van der Waals surface area (Å²) in [5.74, 6) is 0.154. The fourth-order valence-electron chi connectivity index (χ4n) is 2.40. The van der Waals surface area contributed by atoms with Gasteiger partial charge in [-0.2, -0.15) is 5.10 Å². The van der Waals surface area contributed by atoms with Gasteiger partial charge < -0.3 is 0 Å². The van der Waals surface area contributed by atoms with Crippen LogP contribution in [0.5, 0.6) is 0 Å². The van der Waals surface area contributed by atoms with Gasteiger partial charge in [-0.25, -0.2) is 0 Å². The predicted octanol–water partition coefficient (Wildman–Crippen LogP) is 2.32. The van der Waals surface area contributed by atoms with Crippen LogP contribution in [0, 0.1) is 0 Å². The Labute approximate surface area is 117 Å². The number of hydrogen-bond acceptors (Lipinski definition) is 3. The molecule has 0 aliphatic carbocycles. The largest absolute Gasteiger partial charge is 0.299 e. The smallest absolute Gasteiger partial charge is 0.143 e. The summed E-state index contributed by atoms with van der Waals surface area (Å²) < 4.78 is 1.82. The quantitative estimate of drug-likeness (QED) is 0.727. The van der Waals surface area contributed by atoms with E-state index in [2.05, 4.69) is 10.1 Å². The number of carbonyl (C=O) groups is 1. The molecule has 0 amide bonds. The third-order valence-electron chi connectivity index (χ3n) is 3.32. The lowest BCUT2D eigenvalue weighted by molar-refractivity contribution is -0.117. The Bertz CT molecular complexity index is 747. The Morgan fingerprint density at radius 3 is 2.80 bits per heavy atom. The fraction of sp³-hybridized carbons (Fsp3) is 0.188. The highest BCUT2D eigenvalue weighted by Gasteiger charge is 2.12. The van der Waals surface area contributed by atoms with Crippen molar-refractivity contribution in [2.24, 2.45) is 7.05 Å². The van der Waals surface area contributed by atoms with Crippen LogP contribution < -0.4 is 0 Å². The van der Waals surface area contributed by atoms with E-state index in [0.29, 0.717) is 12.8 Å². The van der Waals surface area contributed by atoms with Gasteiger partial charge >= 0.3 is 0 Å². The molecule has 0 aliphatic heterocycles. The molecule has 0 unspecified atom stereocenters. The molecule has 2 aromatic heterocycles. The van der Waals surface area contributed by atoms with E-state index in [1.54, 1.807) is 12.4 Å². The average molecular weight is 265 g/mol. The van der Waals surface area contributed by atoms with Crippen LogP contribution in [0.3, 0.4) is 0 Å². The van der Waals surface area contributed by atoms with Crippen molar-refractivity contribution in [3.63, 3.8) is 0 Å². The number of Topliss-reactive ketones (excluding diaryl/α,β-unsaturated/α-hetero) is 1. The van der Waals surface area contributed by atoms with Gasteiger partial charge in [-0.15, -0.1) is 0 Å². The van der Waals surface area contributed by atoms with Gasteiger partial charge in [0.05, 0.1) is 17.6 Å². The monoisotopic (exact) mass is 265 g/mol. The summed E-state index contributed by atoms with van der Waals surface area (Å²) in [4.78, 5) is 16.2. The van der Waals surface area contributed by atoms with Crippen molar-refractivity contribution in [3.05, 3.63) is 60.0 Å². The van der Waals surface area contributed by atoms with Gasteiger partial charge in [-0.1, -0.05) is 24.3 Å². The number of fused-ring (bicyclic) bond motifs is 1. The maximum Gasteiger partial charge on any atom is 0.143 e. The van der Waals surface area contributed by atoms with Gasteiger partial charge in [0, 0.05) is 31.2 Å². The van der Waals surface area contributed by atoms with Crippen molar-refractivity contribution in [1.82, 2.24) is 14.8 Å². The van der Waals surface area contributed by atoms with E-state index in [1.165, 1.54) is 0 Å². The molecule has 0 saturated carbocycles. The van der Waals surface area contributed by atoms with Crippen molar-refractivity contribution < 1.29 is 4.79 Å². The third-order valence-corrected chi connectivity index (χ3v) is 3.32. The second-order valence-electron chi connectivity index (χ2n) is 4.84. The summed E-state index contributed by atoms with van der Waals surface area (Å²) in [5.41, 5.74) is 2.84. The molecule has 20 heavy (non-hydrogen) atoms. The van der Waals surface area contributed by atoms with Crippen LogP contribution in [-0.4, -0.2) is 20.5 Å². The number of ketones is 1. The molecule has 3 rings (SSSR count). The van der Waals surface area contributed by atoms with Crippen LogP contribution in [0.2, 0.25) is 0 Å². The van der Waals surface area contributed by atoms with E-state index < -0.39 is 0 Å². The van der Waals surface area contributed by atoms with E-state index in [9.17, 15) is 4.79 Å². The summed E-state index contributed by atoms with van der Waals surface area (Å²) >= 11 is 0. The number of benzene rings is 1. The average Bonchev–Trinajstić information content (AvgIpc) is 2.77. The molecule has 1 aromatic carbocycles. The standard InChI is InChI=1S/C16H15N3O/c1-19-16-7-3-2-6-14(16)15(18-19)10-13(20)9-12-5-4-8-17-11-12/h2-8,11H,9-10H2,1H3. The topological polar surface area (TPSA) is 47.8 Å². The predicted molar refractivity (Wildman–Crippen MR) is 77.4 cm³/mol. The van der Waals surface area contributed by atoms with Gasteiger partial charge in [-0.05, 0) is 17.7 Å². The van der Waals surface area contributed by atoms with Crippen molar-refractivity contribution >= 4 is 16.7 Å². The normalized spacial score (nSPS) is 10.8. The van der Waals surface area contributed by atoms with E-state index in [1.807, 2.05) is 48.1 Å². The number of para-hydroxylation sites is 1. The van der Waals surface area contributed by atoms with Gasteiger partial charge in [0.25, 0.3) is 0 Å². The summed E-state index contributed by atoms with van der Waals surface area (Å²) in [5, 5.41) is 5.50. The number of aromatic nitrogens is 3. The molecule has 0 bridgehead atoms. The minimum Gasteiger partial charge on any atom is -0.299 e. The molecule has 0 N–H and O–H groups in total. The van der Waals surface area contributed by atoms with E-state index in [4.69, 9.17) is 0 Å². The van der Waals surface area contributed by atoms with Crippen LogP contribution >= 0.6 is 0 Å². The van der Waals surface area contributed by atoms with Crippen molar-refractivity contribution in [1.29, 1.82) is 0 Å². The molecule has 4 nitrogen and oxygen atoms in total. The second-order valence-corrected chi connectivity index (χ2v) is 4.84. The van der Waals surface area contributed by atoms with Crippen LogP contribution in [0.1, 0.15) is 11.3 Å². The fourth-order valence-corrected chi connectivity index (χ4v) is 2.40. The number of rotatable bonds is 4. The van der Waals surface area contributed by atoms with E-state index in [0.717, 1.165) is 22.2 Å². The Hall–Kier alpha value is -2.49. The Morgan fingerprint density at radius 1 is 1.15 bits per heavy atom. The molecule has 0 radical (unpaired) electrons. The molecular formula is C16H15N3O. The molecule has 0 spiro atoms. The first-order valence-corrected chi connectivity index (χ1v) is 6.55. The zero-order valence-electron chi connectivity index (χ0n) is 11.3. The lowest BCUT2D eigenvalue weighted by Gasteiger charge is -1.99. The Balaban J connectivity index is 1.81. The number of pyridine rings is 1. The van der Waals surface area contributed by atoms with E-state index >= 15 is 0 Å². The first-order chi connectivity index (χ1) is 9.74. The van der Waals surface area contributed by atoms with Gasteiger partial charge in [0.1, 0.15) is 5.78 Å². The molecule has 0 atom stereocenters. The van der Waals surface area contributed by atoms with Crippen molar-refractivity contribution in [2.45, 2.75) is 12.8 Å². The lowest BCUT2D eigenvalue weighted by Crippen LogP contribution is -2.07. The van der Waals surface area contributed by atoms with Crippen molar-refractivity contribution in [3.8, 4) is 0 Å². The zero-order chi connectivity index (χ0) is 13.9. The third kappa shape index (κ3) is 2.45. The number of aryl methyl sites for hydroxylation is 1. The van der Waals surface area contributed by atoms with Crippen LogP contribution in [0.25, 0.3) is 10.9 Å². The van der Waals surface area contributed by atoms with E-state index in [-0.39, 0.29) is 5.78 Å². The highest BCUT2D eigenvalue weighted by Crippen LogP contribution is 2.18. The summed E-state index contributed by atoms with van der Waals surface area (Å²) in [7, 11) is 1.90. The molecule has 0 fully saturated rings. The SMILES string of the molecule is Cn1nc(CC(=O)Cc2cccnc2)c2ccccc21. The Kier molecular flexibility index (Phi) is 3.29. The lowest BCUT2D eigenvalue weighted by atomic mass is 10.1. The van der Waals surface area contributed by atoms with Crippen LogP contribution in [0.4, 0.5) is 0 Å².